The monoisotopic (exact) mass is 314 g/mol. The van der Waals surface area contributed by atoms with Crippen LogP contribution >= 0.6 is 11.6 Å². The molecule has 4 heteroatoms. The molecule has 1 fully saturated rings. The summed E-state index contributed by atoms with van der Waals surface area (Å²) < 4.78 is 0. The Morgan fingerprint density at radius 2 is 1.77 bits per heavy atom. The van der Waals surface area contributed by atoms with Gasteiger partial charge in [0.05, 0.1) is 6.04 Å². The summed E-state index contributed by atoms with van der Waals surface area (Å²) in [4.78, 5) is 14.6. The number of hydrogen-bond donors (Lipinski definition) is 1. The number of carbonyl (C=O) groups is 1. The number of carbonyl (C=O) groups excluding carboxylic acids is 1. The van der Waals surface area contributed by atoms with Crippen molar-refractivity contribution < 1.29 is 4.79 Å². The van der Waals surface area contributed by atoms with Crippen LogP contribution in [0, 0.1) is 0 Å². The summed E-state index contributed by atoms with van der Waals surface area (Å²) in [7, 11) is 0. The molecule has 1 saturated heterocycles. The molecule has 1 amide bonds. The molecule has 1 aliphatic heterocycles. The van der Waals surface area contributed by atoms with Gasteiger partial charge < -0.3 is 10.2 Å². The van der Waals surface area contributed by atoms with Crippen LogP contribution in [-0.2, 0) is 17.8 Å². The number of piperazine rings is 1. The molecule has 2 aromatic rings. The Balaban J connectivity index is 1.66. The summed E-state index contributed by atoms with van der Waals surface area (Å²) in [5.41, 5.74) is 2.29. The van der Waals surface area contributed by atoms with Crippen LogP contribution in [0.15, 0.2) is 54.6 Å². The van der Waals surface area contributed by atoms with Crippen molar-refractivity contribution in [3.63, 3.8) is 0 Å². The molecule has 0 bridgehead atoms. The fraction of sp³-hybridized carbons (Fsp3) is 0.278. The quantitative estimate of drug-likeness (QED) is 0.941. The molecule has 3 nitrogen and oxygen atoms in total. The predicted molar refractivity (Wildman–Crippen MR) is 88.8 cm³/mol. The van der Waals surface area contributed by atoms with E-state index in [-0.39, 0.29) is 11.9 Å². The van der Waals surface area contributed by atoms with Gasteiger partial charge in [0.15, 0.2) is 0 Å². The van der Waals surface area contributed by atoms with Gasteiger partial charge in [-0.05, 0) is 29.7 Å². The van der Waals surface area contributed by atoms with Gasteiger partial charge in [-0.2, -0.15) is 0 Å². The maximum Gasteiger partial charge on any atom is 0.240 e. The van der Waals surface area contributed by atoms with Gasteiger partial charge >= 0.3 is 0 Å². The van der Waals surface area contributed by atoms with Crippen molar-refractivity contribution in [3.8, 4) is 0 Å². The van der Waals surface area contributed by atoms with E-state index in [1.54, 1.807) is 0 Å². The minimum atomic E-state index is -0.154. The summed E-state index contributed by atoms with van der Waals surface area (Å²) in [5, 5.41) is 4.04. The zero-order valence-corrected chi connectivity index (χ0v) is 13.1. The van der Waals surface area contributed by atoms with Crippen LogP contribution < -0.4 is 5.32 Å². The average molecular weight is 315 g/mol. The van der Waals surface area contributed by atoms with E-state index < -0.39 is 0 Å². The zero-order chi connectivity index (χ0) is 15.4. The summed E-state index contributed by atoms with van der Waals surface area (Å²) in [5.74, 6) is 0.171. The number of benzene rings is 2. The molecule has 1 aliphatic rings. The number of hydrogen-bond acceptors (Lipinski definition) is 2. The summed E-state index contributed by atoms with van der Waals surface area (Å²) in [6.07, 6.45) is 0.696. The molecular weight excluding hydrogens is 296 g/mol. The highest BCUT2D eigenvalue weighted by atomic mass is 35.5. The highest BCUT2D eigenvalue weighted by molar-refractivity contribution is 6.30. The molecule has 2 aromatic carbocycles. The molecule has 0 saturated carbocycles. The van der Waals surface area contributed by atoms with Crippen molar-refractivity contribution in [1.82, 2.24) is 10.2 Å². The molecule has 1 N–H and O–H groups in total. The first-order valence-corrected chi connectivity index (χ1v) is 7.91. The topological polar surface area (TPSA) is 32.3 Å². The van der Waals surface area contributed by atoms with Crippen LogP contribution in [0.2, 0.25) is 5.02 Å². The molecule has 0 aliphatic carbocycles. The predicted octanol–water partition coefficient (Wildman–Crippen LogP) is 2.88. The van der Waals surface area contributed by atoms with Gasteiger partial charge in [0.2, 0.25) is 5.91 Å². The third kappa shape index (κ3) is 3.67. The maximum absolute atomic E-state index is 12.6. The zero-order valence-electron chi connectivity index (χ0n) is 12.3. The Kier molecular flexibility index (Phi) is 4.76. The van der Waals surface area contributed by atoms with Crippen LogP contribution in [0.4, 0.5) is 0 Å². The molecule has 114 valence electrons. The normalized spacial score (nSPS) is 18.5. The first-order valence-electron chi connectivity index (χ1n) is 7.53. The largest absolute Gasteiger partial charge is 0.336 e. The van der Waals surface area contributed by atoms with E-state index in [1.807, 2.05) is 47.4 Å². The van der Waals surface area contributed by atoms with Crippen LogP contribution in [-0.4, -0.2) is 29.9 Å². The minimum absolute atomic E-state index is 0.154. The van der Waals surface area contributed by atoms with Crippen LogP contribution in [0.1, 0.15) is 11.1 Å². The Morgan fingerprint density at radius 1 is 1.05 bits per heavy atom. The van der Waals surface area contributed by atoms with Crippen molar-refractivity contribution in [2.24, 2.45) is 0 Å². The molecule has 1 atom stereocenters. The first-order chi connectivity index (χ1) is 10.7. The SMILES string of the molecule is O=C1[C@H](Cc2ccc(Cl)cc2)NCCN1Cc1ccccc1. The number of rotatable bonds is 4. The fourth-order valence-corrected chi connectivity index (χ4v) is 2.89. The lowest BCUT2D eigenvalue weighted by molar-refractivity contribution is -0.136. The number of halogens is 1. The van der Waals surface area contributed by atoms with E-state index in [9.17, 15) is 4.79 Å². The molecular formula is C18H19ClN2O. The van der Waals surface area contributed by atoms with Gasteiger partial charge in [-0.15, -0.1) is 0 Å². The summed E-state index contributed by atoms with van der Waals surface area (Å²) in [6.45, 7) is 2.26. The lowest BCUT2D eigenvalue weighted by Gasteiger charge is -2.33. The minimum Gasteiger partial charge on any atom is -0.336 e. The molecule has 0 radical (unpaired) electrons. The van der Waals surface area contributed by atoms with Crippen molar-refractivity contribution in [2.75, 3.05) is 13.1 Å². The molecule has 0 aromatic heterocycles. The number of nitrogens with one attached hydrogen (secondary N) is 1. The highest BCUT2D eigenvalue weighted by Gasteiger charge is 2.28. The van der Waals surface area contributed by atoms with E-state index in [4.69, 9.17) is 11.6 Å². The van der Waals surface area contributed by atoms with Crippen molar-refractivity contribution in [3.05, 3.63) is 70.7 Å². The van der Waals surface area contributed by atoms with Crippen LogP contribution in [0.3, 0.4) is 0 Å². The standard InChI is InChI=1S/C18H19ClN2O/c19-16-8-6-14(7-9-16)12-17-18(22)21(11-10-20-17)13-15-4-2-1-3-5-15/h1-9,17,20H,10-13H2/t17-/m0/s1. The molecule has 0 unspecified atom stereocenters. The third-order valence-corrected chi connectivity index (χ3v) is 4.20. The summed E-state index contributed by atoms with van der Waals surface area (Å²) in [6, 6.07) is 17.7. The number of amides is 1. The Morgan fingerprint density at radius 3 is 2.50 bits per heavy atom. The van der Waals surface area contributed by atoms with E-state index in [2.05, 4.69) is 17.4 Å². The van der Waals surface area contributed by atoms with Gasteiger partial charge in [0.25, 0.3) is 0 Å². The van der Waals surface area contributed by atoms with Gasteiger partial charge in [-0.25, -0.2) is 0 Å². The Hall–Kier alpha value is -1.84. The van der Waals surface area contributed by atoms with E-state index in [0.717, 1.165) is 23.7 Å². The molecule has 1 heterocycles. The summed E-state index contributed by atoms with van der Waals surface area (Å²) >= 11 is 5.91. The van der Waals surface area contributed by atoms with Gasteiger partial charge in [-0.1, -0.05) is 54.1 Å². The maximum atomic E-state index is 12.6. The lowest BCUT2D eigenvalue weighted by Crippen LogP contribution is -2.55. The Labute approximate surface area is 135 Å². The second kappa shape index (κ2) is 6.95. The second-order valence-electron chi connectivity index (χ2n) is 5.58. The smallest absolute Gasteiger partial charge is 0.240 e. The van der Waals surface area contributed by atoms with E-state index in [1.165, 1.54) is 5.56 Å². The molecule has 22 heavy (non-hydrogen) atoms. The van der Waals surface area contributed by atoms with Gasteiger partial charge in [-0.3, -0.25) is 4.79 Å². The van der Waals surface area contributed by atoms with E-state index >= 15 is 0 Å². The van der Waals surface area contributed by atoms with Crippen molar-refractivity contribution in [2.45, 2.75) is 19.0 Å². The van der Waals surface area contributed by atoms with E-state index in [0.29, 0.717) is 13.0 Å². The average Bonchev–Trinajstić information content (AvgIpc) is 2.54. The fourth-order valence-electron chi connectivity index (χ4n) is 2.77. The molecule has 0 spiro atoms. The first kappa shape index (κ1) is 15.1. The van der Waals surface area contributed by atoms with Gasteiger partial charge in [0, 0.05) is 24.7 Å². The Bertz CT molecular complexity index is 627. The van der Waals surface area contributed by atoms with Gasteiger partial charge in [0.1, 0.15) is 0 Å². The van der Waals surface area contributed by atoms with Crippen molar-refractivity contribution in [1.29, 1.82) is 0 Å². The van der Waals surface area contributed by atoms with Crippen LogP contribution in [0.5, 0.6) is 0 Å². The molecule has 3 rings (SSSR count). The highest BCUT2D eigenvalue weighted by Crippen LogP contribution is 2.14. The lowest BCUT2D eigenvalue weighted by atomic mass is 10.0. The van der Waals surface area contributed by atoms with Crippen molar-refractivity contribution >= 4 is 17.5 Å². The van der Waals surface area contributed by atoms with Crippen LogP contribution in [0.25, 0.3) is 0 Å². The number of nitrogens with zero attached hydrogens (tertiary/aromatic N) is 1. The second-order valence-corrected chi connectivity index (χ2v) is 6.02. The third-order valence-electron chi connectivity index (χ3n) is 3.95.